The lowest BCUT2D eigenvalue weighted by Gasteiger charge is -2.11. The summed E-state index contributed by atoms with van der Waals surface area (Å²) >= 11 is 0. The number of benzene rings is 1. The Hall–Kier alpha value is -1.07. The van der Waals surface area contributed by atoms with E-state index in [-0.39, 0.29) is 11.8 Å². The van der Waals surface area contributed by atoms with Crippen LogP contribution in [0.25, 0.3) is 0 Å². The first-order chi connectivity index (χ1) is 9.09. The van der Waals surface area contributed by atoms with E-state index in [1.165, 1.54) is 0 Å². The number of hydrogen-bond donors (Lipinski definition) is 1. The average Bonchev–Trinajstić information content (AvgIpc) is 2.75. The number of sulfone groups is 1. The predicted molar refractivity (Wildman–Crippen MR) is 76.1 cm³/mol. The molecule has 0 aromatic heterocycles. The van der Waals surface area contributed by atoms with Gasteiger partial charge in [0.2, 0.25) is 0 Å². The molecule has 1 aromatic carbocycles. The number of hydrogen-bond acceptors (Lipinski definition) is 4. The molecule has 19 heavy (non-hydrogen) atoms. The van der Waals surface area contributed by atoms with Crippen LogP contribution < -0.4 is 10.1 Å². The van der Waals surface area contributed by atoms with Crippen molar-refractivity contribution in [2.45, 2.75) is 32.4 Å². The predicted octanol–water partition coefficient (Wildman–Crippen LogP) is 1.75. The van der Waals surface area contributed by atoms with Gasteiger partial charge < -0.3 is 10.1 Å². The average molecular weight is 283 g/mol. The molecule has 1 aliphatic rings. The molecule has 2 rings (SSSR count). The van der Waals surface area contributed by atoms with Gasteiger partial charge in [-0.2, -0.15) is 0 Å². The van der Waals surface area contributed by atoms with E-state index in [0.717, 1.165) is 30.8 Å². The molecule has 1 unspecified atom stereocenters. The monoisotopic (exact) mass is 283 g/mol. The van der Waals surface area contributed by atoms with Crippen molar-refractivity contribution in [3.63, 3.8) is 0 Å². The Morgan fingerprint density at radius 3 is 2.63 bits per heavy atom. The molecule has 0 saturated carbocycles. The van der Waals surface area contributed by atoms with E-state index in [1.54, 1.807) is 0 Å². The Kier molecular flexibility index (Phi) is 4.82. The van der Waals surface area contributed by atoms with Crippen molar-refractivity contribution < 1.29 is 13.2 Å². The third kappa shape index (κ3) is 4.51. The molecule has 1 saturated heterocycles. The highest BCUT2D eigenvalue weighted by Crippen LogP contribution is 2.14. The van der Waals surface area contributed by atoms with Gasteiger partial charge in [-0.3, -0.25) is 0 Å². The molecule has 0 amide bonds. The summed E-state index contributed by atoms with van der Waals surface area (Å²) in [5.41, 5.74) is 1.15. The van der Waals surface area contributed by atoms with Gasteiger partial charge in [-0.05, 0) is 30.5 Å². The van der Waals surface area contributed by atoms with Crippen LogP contribution in [-0.4, -0.2) is 32.6 Å². The smallest absolute Gasteiger partial charge is 0.151 e. The summed E-state index contributed by atoms with van der Waals surface area (Å²) in [5.74, 6) is 1.47. The normalized spacial score (nSPS) is 21.4. The Bertz CT molecular complexity index is 496. The molecule has 1 aromatic rings. The summed E-state index contributed by atoms with van der Waals surface area (Å²) in [4.78, 5) is 0. The van der Waals surface area contributed by atoms with Crippen LogP contribution in [0.5, 0.6) is 5.75 Å². The van der Waals surface area contributed by atoms with Crippen LogP contribution in [0.15, 0.2) is 24.3 Å². The van der Waals surface area contributed by atoms with E-state index in [0.29, 0.717) is 12.3 Å². The highest BCUT2D eigenvalue weighted by molar-refractivity contribution is 7.91. The van der Waals surface area contributed by atoms with Crippen LogP contribution in [0.1, 0.15) is 25.3 Å². The molecule has 4 nitrogen and oxygen atoms in total. The SMILES string of the molecule is CCCOc1ccc(CNC2CCS(=O)(=O)C2)cc1. The molecule has 1 fully saturated rings. The highest BCUT2D eigenvalue weighted by Gasteiger charge is 2.27. The van der Waals surface area contributed by atoms with Gasteiger partial charge in [-0.15, -0.1) is 0 Å². The first-order valence-corrected chi connectivity index (χ1v) is 8.57. The first-order valence-electron chi connectivity index (χ1n) is 6.74. The Labute approximate surface area is 115 Å². The van der Waals surface area contributed by atoms with Crippen LogP contribution in [0.3, 0.4) is 0 Å². The van der Waals surface area contributed by atoms with Gasteiger partial charge >= 0.3 is 0 Å². The van der Waals surface area contributed by atoms with Crippen molar-refractivity contribution in [2.75, 3.05) is 18.1 Å². The van der Waals surface area contributed by atoms with Gasteiger partial charge in [0, 0.05) is 12.6 Å². The van der Waals surface area contributed by atoms with E-state index < -0.39 is 9.84 Å². The zero-order chi connectivity index (χ0) is 13.7. The van der Waals surface area contributed by atoms with Gasteiger partial charge in [0.05, 0.1) is 18.1 Å². The lowest BCUT2D eigenvalue weighted by atomic mass is 10.2. The summed E-state index contributed by atoms with van der Waals surface area (Å²) < 4.78 is 28.2. The van der Waals surface area contributed by atoms with Crippen molar-refractivity contribution in [3.8, 4) is 5.75 Å². The van der Waals surface area contributed by atoms with Crippen molar-refractivity contribution in [1.29, 1.82) is 0 Å². The van der Waals surface area contributed by atoms with Crippen molar-refractivity contribution in [3.05, 3.63) is 29.8 Å². The molecular weight excluding hydrogens is 262 g/mol. The van der Waals surface area contributed by atoms with Crippen LogP contribution in [0.2, 0.25) is 0 Å². The second kappa shape index (κ2) is 6.39. The maximum absolute atomic E-state index is 11.3. The van der Waals surface area contributed by atoms with E-state index in [2.05, 4.69) is 12.2 Å². The van der Waals surface area contributed by atoms with Gasteiger partial charge in [-0.25, -0.2) is 8.42 Å². The quantitative estimate of drug-likeness (QED) is 0.864. The molecule has 0 aliphatic carbocycles. The topological polar surface area (TPSA) is 55.4 Å². The van der Waals surface area contributed by atoms with Gasteiger partial charge in [0.1, 0.15) is 5.75 Å². The minimum Gasteiger partial charge on any atom is -0.494 e. The van der Waals surface area contributed by atoms with Gasteiger partial charge in [0.15, 0.2) is 9.84 Å². The second-order valence-electron chi connectivity index (χ2n) is 4.97. The molecule has 1 aliphatic heterocycles. The maximum atomic E-state index is 11.3. The van der Waals surface area contributed by atoms with Crippen LogP contribution >= 0.6 is 0 Å². The van der Waals surface area contributed by atoms with Crippen LogP contribution in [0.4, 0.5) is 0 Å². The minimum absolute atomic E-state index is 0.0982. The van der Waals surface area contributed by atoms with Gasteiger partial charge in [0.25, 0.3) is 0 Å². The molecule has 0 bridgehead atoms. The zero-order valence-electron chi connectivity index (χ0n) is 11.3. The Balaban J connectivity index is 1.80. The third-order valence-corrected chi connectivity index (χ3v) is 4.99. The molecule has 1 N–H and O–H groups in total. The Morgan fingerprint density at radius 1 is 1.32 bits per heavy atom. The van der Waals surface area contributed by atoms with Crippen LogP contribution in [0, 0.1) is 0 Å². The fourth-order valence-corrected chi connectivity index (χ4v) is 3.85. The molecule has 0 spiro atoms. The van der Waals surface area contributed by atoms with Crippen molar-refractivity contribution in [1.82, 2.24) is 5.32 Å². The van der Waals surface area contributed by atoms with Crippen molar-refractivity contribution in [2.24, 2.45) is 0 Å². The fourth-order valence-electron chi connectivity index (χ4n) is 2.14. The summed E-state index contributed by atoms with van der Waals surface area (Å²) in [6.07, 6.45) is 1.72. The summed E-state index contributed by atoms with van der Waals surface area (Å²) in [6.45, 7) is 3.51. The summed E-state index contributed by atoms with van der Waals surface area (Å²) in [6, 6.07) is 8.04. The summed E-state index contributed by atoms with van der Waals surface area (Å²) in [5, 5.41) is 3.30. The molecule has 1 atom stereocenters. The maximum Gasteiger partial charge on any atom is 0.151 e. The Morgan fingerprint density at radius 2 is 2.05 bits per heavy atom. The van der Waals surface area contributed by atoms with E-state index >= 15 is 0 Å². The first kappa shape index (κ1) is 14.3. The standard InChI is InChI=1S/C14H21NO3S/c1-2-8-18-14-5-3-12(4-6-14)10-15-13-7-9-19(16,17)11-13/h3-6,13,15H,2,7-11H2,1H3. The second-order valence-corrected chi connectivity index (χ2v) is 7.20. The number of nitrogens with one attached hydrogen (secondary N) is 1. The highest BCUT2D eigenvalue weighted by atomic mass is 32.2. The fraction of sp³-hybridized carbons (Fsp3) is 0.571. The molecular formula is C14H21NO3S. The molecule has 106 valence electrons. The van der Waals surface area contributed by atoms with E-state index in [1.807, 2.05) is 24.3 Å². The molecule has 1 heterocycles. The lowest BCUT2D eigenvalue weighted by Crippen LogP contribution is -2.29. The molecule has 5 heteroatoms. The third-order valence-electron chi connectivity index (χ3n) is 3.22. The minimum atomic E-state index is -2.80. The van der Waals surface area contributed by atoms with Crippen molar-refractivity contribution >= 4 is 9.84 Å². The number of rotatable bonds is 6. The summed E-state index contributed by atoms with van der Waals surface area (Å²) in [7, 11) is -2.80. The van der Waals surface area contributed by atoms with E-state index in [9.17, 15) is 8.42 Å². The lowest BCUT2D eigenvalue weighted by molar-refractivity contribution is 0.317. The number of ether oxygens (including phenoxy) is 1. The van der Waals surface area contributed by atoms with Gasteiger partial charge in [-0.1, -0.05) is 19.1 Å². The van der Waals surface area contributed by atoms with E-state index in [4.69, 9.17) is 4.74 Å². The zero-order valence-corrected chi connectivity index (χ0v) is 12.1. The largest absolute Gasteiger partial charge is 0.494 e. The van der Waals surface area contributed by atoms with Crippen LogP contribution in [-0.2, 0) is 16.4 Å². The molecule has 0 radical (unpaired) electrons.